The molecule has 0 atom stereocenters. The highest BCUT2D eigenvalue weighted by Gasteiger charge is 2.16. The minimum absolute atomic E-state index is 0.372. The number of hydrogen-bond donors (Lipinski definition) is 0. The molecular formula is C16H22OS. The van der Waals surface area contributed by atoms with Crippen molar-refractivity contribution in [2.75, 3.05) is 5.75 Å². The fraction of sp³-hybridized carbons (Fsp3) is 0.562. The molecular weight excluding hydrogens is 240 g/mol. The van der Waals surface area contributed by atoms with Crippen molar-refractivity contribution in [2.45, 2.75) is 51.2 Å². The lowest BCUT2D eigenvalue weighted by Crippen LogP contribution is -2.09. The van der Waals surface area contributed by atoms with Crippen molar-refractivity contribution in [1.29, 1.82) is 0 Å². The van der Waals surface area contributed by atoms with Gasteiger partial charge in [-0.2, -0.15) is 11.8 Å². The zero-order valence-corrected chi connectivity index (χ0v) is 12.2. The van der Waals surface area contributed by atoms with Crippen molar-refractivity contribution < 1.29 is 4.79 Å². The fourth-order valence-corrected chi connectivity index (χ4v) is 3.91. The van der Waals surface area contributed by atoms with Gasteiger partial charge >= 0.3 is 0 Å². The maximum absolute atomic E-state index is 12.0. The molecule has 1 nitrogen and oxygen atoms in total. The second-order valence-corrected chi connectivity index (χ2v) is 6.72. The van der Waals surface area contributed by atoms with Gasteiger partial charge in [-0.25, -0.2) is 0 Å². The summed E-state index contributed by atoms with van der Waals surface area (Å²) in [5.41, 5.74) is 3.67. The van der Waals surface area contributed by atoms with Gasteiger partial charge < -0.3 is 0 Å². The summed E-state index contributed by atoms with van der Waals surface area (Å²) < 4.78 is 0. The summed E-state index contributed by atoms with van der Waals surface area (Å²) in [6, 6.07) is 6.41. The van der Waals surface area contributed by atoms with E-state index >= 15 is 0 Å². The Morgan fingerprint density at radius 2 is 1.78 bits per heavy atom. The number of Topliss-reactive ketones (excluding diaryl/α,β-unsaturated/α-hetero) is 1. The Balaban J connectivity index is 1.82. The normalized spacial score (nSPS) is 16.1. The van der Waals surface area contributed by atoms with Crippen molar-refractivity contribution in [3.63, 3.8) is 0 Å². The smallest absolute Gasteiger partial charge is 0.147 e. The van der Waals surface area contributed by atoms with Crippen LogP contribution in [0.4, 0.5) is 0 Å². The molecule has 2 heteroatoms. The van der Waals surface area contributed by atoms with Gasteiger partial charge in [0, 0.05) is 11.7 Å². The molecule has 0 aromatic heterocycles. The Hall–Kier alpha value is -0.760. The Morgan fingerprint density at radius 3 is 2.39 bits per heavy atom. The van der Waals surface area contributed by atoms with Crippen LogP contribution in [0.3, 0.4) is 0 Å². The van der Waals surface area contributed by atoms with E-state index < -0.39 is 0 Å². The molecule has 0 amide bonds. The van der Waals surface area contributed by atoms with Crippen molar-refractivity contribution in [2.24, 2.45) is 0 Å². The highest BCUT2D eigenvalue weighted by molar-refractivity contribution is 8.00. The molecule has 1 aromatic carbocycles. The topological polar surface area (TPSA) is 17.1 Å². The Labute approximate surface area is 114 Å². The highest BCUT2D eigenvalue weighted by atomic mass is 32.2. The van der Waals surface area contributed by atoms with Gasteiger partial charge in [-0.1, -0.05) is 42.2 Å². The fourth-order valence-electron chi connectivity index (χ4n) is 2.72. The molecule has 2 rings (SSSR count). The van der Waals surface area contributed by atoms with Gasteiger partial charge in [0.05, 0.1) is 5.75 Å². The quantitative estimate of drug-likeness (QED) is 0.795. The minimum atomic E-state index is 0.372. The third-order valence-corrected chi connectivity index (χ3v) is 4.90. The first-order chi connectivity index (χ1) is 8.63. The van der Waals surface area contributed by atoms with Gasteiger partial charge in [0.2, 0.25) is 0 Å². The van der Waals surface area contributed by atoms with Crippen LogP contribution in [-0.2, 0) is 11.2 Å². The molecule has 0 spiro atoms. The van der Waals surface area contributed by atoms with E-state index in [4.69, 9.17) is 0 Å². The number of carbonyl (C=O) groups excluding carboxylic acids is 1. The number of aryl methyl sites for hydroxylation is 2. The van der Waals surface area contributed by atoms with Crippen LogP contribution < -0.4 is 0 Å². The molecule has 1 fully saturated rings. The van der Waals surface area contributed by atoms with Crippen LogP contribution in [0, 0.1) is 13.8 Å². The van der Waals surface area contributed by atoms with Crippen molar-refractivity contribution in [3.8, 4) is 0 Å². The van der Waals surface area contributed by atoms with Crippen LogP contribution >= 0.6 is 11.8 Å². The molecule has 0 saturated heterocycles. The average molecular weight is 262 g/mol. The molecule has 0 aliphatic heterocycles. The summed E-state index contributed by atoms with van der Waals surface area (Å²) in [6.07, 6.45) is 5.91. The summed E-state index contributed by atoms with van der Waals surface area (Å²) in [5.74, 6) is 1.06. The van der Waals surface area contributed by atoms with Crippen molar-refractivity contribution in [1.82, 2.24) is 0 Å². The predicted molar refractivity (Wildman–Crippen MR) is 79.3 cm³/mol. The van der Waals surface area contributed by atoms with E-state index in [1.807, 2.05) is 11.8 Å². The zero-order chi connectivity index (χ0) is 13.0. The average Bonchev–Trinajstić information content (AvgIpc) is 2.77. The van der Waals surface area contributed by atoms with Gasteiger partial charge in [-0.05, 0) is 32.3 Å². The lowest BCUT2D eigenvalue weighted by molar-refractivity contribution is -0.116. The highest BCUT2D eigenvalue weighted by Crippen LogP contribution is 2.29. The van der Waals surface area contributed by atoms with Gasteiger partial charge in [0.1, 0.15) is 5.78 Å². The monoisotopic (exact) mass is 262 g/mol. The standard InChI is InChI=1S/C16H22OS/c1-12-7-13(2)9-14(8-12)10-15(17)11-18-16-5-3-4-6-16/h7-9,16H,3-6,10-11H2,1-2H3. The largest absolute Gasteiger partial charge is 0.298 e. The first-order valence-corrected chi connectivity index (χ1v) is 7.89. The summed E-state index contributed by atoms with van der Waals surface area (Å²) in [5, 5.41) is 0.744. The van der Waals surface area contributed by atoms with Gasteiger partial charge in [-0.15, -0.1) is 0 Å². The Kier molecular flexibility index (Phi) is 4.87. The maximum atomic E-state index is 12.0. The van der Waals surface area contributed by atoms with Crippen molar-refractivity contribution >= 4 is 17.5 Å². The number of rotatable bonds is 5. The summed E-state index contributed by atoms with van der Waals surface area (Å²) >= 11 is 1.87. The van der Waals surface area contributed by atoms with E-state index in [9.17, 15) is 4.79 Å². The first kappa shape index (κ1) is 13.7. The van der Waals surface area contributed by atoms with Gasteiger partial charge in [-0.3, -0.25) is 4.79 Å². The van der Waals surface area contributed by atoms with E-state index in [0.29, 0.717) is 18.0 Å². The number of ketones is 1. The summed E-state index contributed by atoms with van der Waals surface area (Å²) in [7, 11) is 0. The number of benzene rings is 1. The predicted octanol–water partition coefficient (Wildman–Crippen LogP) is 4.09. The molecule has 0 unspecified atom stereocenters. The van der Waals surface area contributed by atoms with E-state index in [-0.39, 0.29) is 0 Å². The van der Waals surface area contributed by atoms with Gasteiger partial charge in [0.15, 0.2) is 0 Å². The zero-order valence-electron chi connectivity index (χ0n) is 11.4. The first-order valence-electron chi connectivity index (χ1n) is 6.84. The SMILES string of the molecule is Cc1cc(C)cc(CC(=O)CSC2CCCC2)c1. The number of thioether (sulfide) groups is 1. The molecule has 0 N–H and O–H groups in total. The van der Waals surface area contributed by atoms with E-state index in [2.05, 4.69) is 32.0 Å². The minimum Gasteiger partial charge on any atom is -0.298 e. The molecule has 0 radical (unpaired) electrons. The van der Waals surface area contributed by atoms with E-state index in [1.165, 1.54) is 42.4 Å². The third-order valence-electron chi connectivity index (χ3n) is 3.46. The molecule has 1 aliphatic rings. The molecule has 1 aliphatic carbocycles. The maximum Gasteiger partial charge on any atom is 0.147 e. The van der Waals surface area contributed by atoms with Crippen molar-refractivity contribution in [3.05, 3.63) is 34.9 Å². The lowest BCUT2D eigenvalue weighted by Gasteiger charge is -2.08. The molecule has 98 valence electrons. The summed E-state index contributed by atoms with van der Waals surface area (Å²) in [4.78, 5) is 12.0. The third kappa shape index (κ3) is 4.16. The van der Waals surface area contributed by atoms with Gasteiger partial charge in [0.25, 0.3) is 0 Å². The van der Waals surface area contributed by atoms with E-state index in [0.717, 1.165) is 5.25 Å². The molecule has 0 bridgehead atoms. The number of hydrogen-bond acceptors (Lipinski definition) is 2. The molecule has 0 heterocycles. The molecule has 18 heavy (non-hydrogen) atoms. The second kappa shape index (κ2) is 6.42. The van der Waals surface area contributed by atoms with Crippen LogP contribution in [0.2, 0.25) is 0 Å². The number of carbonyl (C=O) groups is 1. The van der Waals surface area contributed by atoms with Crippen LogP contribution in [-0.4, -0.2) is 16.8 Å². The molecule has 1 saturated carbocycles. The molecule has 1 aromatic rings. The second-order valence-electron chi connectivity index (χ2n) is 5.43. The van der Waals surface area contributed by atoms with Crippen LogP contribution in [0.15, 0.2) is 18.2 Å². The van der Waals surface area contributed by atoms with Crippen LogP contribution in [0.5, 0.6) is 0 Å². The van der Waals surface area contributed by atoms with E-state index in [1.54, 1.807) is 0 Å². The summed E-state index contributed by atoms with van der Waals surface area (Å²) in [6.45, 7) is 4.18. The van der Waals surface area contributed by atoms with Crippen LogP contribution in [0.25, 0.3) is 0 Å². The van der Waals surface area contributed by atoms with Crippen LogP contribution in [0.1, 0.15) is 42.4 Å². The lowest BCUT2D eigenvalue weighted by atomic mass is 10.0. The Bertz CT molecular complexity index is 399. The Morgan fingerprint density at radius 1 is 1.17 bits per heavy atom.